The van der Waals surface area contributed by atoms with Crippen molar-refractivity contribution in [3.8, 4) is 0 Å². The third-order valence-electron chi connectivity index (χ3n) is 5.52. The normalized spacial score (nSPS) is 22.9. The monoisotopic (exact) mass is 359 g/mol. The van der Waals surface area contributed by atoms with Gasteiger partial charge in [-0.1, -0.05) is 51.5 Å². The molecule has 0 aliphatic heterocycles. The van der Waals surface area contributed by atoms with Gasteiger partial charge in [0.05, 0.1) is 6.54 Å². The first-order valence-corrected chi connectivity index (χ1v) is 9.73. The van der Waals surface area contributed by atoms with Gasteiger partial charge in [-0.25, -0.2) is 0 Å². The second kappa shape index (κ2) is 9.72. The molecule has 3 atom stereocenters. The first-order chi connectivity index (χ1) is 12.4. The molecular formula is C21H33N3O2. The Labute approximate surface area is 157 Å². The maximum atomic E-state index is 12.7. The van der Waals surface area contributed by atoms with Crippen molar-refractivity contribution in [1.29, 1.82) is 0 Å². The first-order valence-electron chi connectivity index (χ1n) is 9.73. The lowest BCUT2D eigenvalue weighted by atomic mass is 9.70. The van der Waals surface area contributed by atoms with Gasteiger partial charge in [0, 0.05) is 19.0 Å². The van der Waals surface area contributed by atoms with E-state index in [1.165, 1.54) is 6.42 Å². The van der Waals surface area contributed by atoms with Crippen LogP contribution in [0.3, 0.4) is 0 Å². The number of hydrogen-bond donors (Lipinski definition) is 3. The summed E-state index contributed by atoms with van der Waals surface area (Å²) in [6.45, 7) is 7.72. The van der Waals surface area contributed by atoms with E-state index in [-0.39, 0.29) is 24.3 Å². The second-order valence-corrected chi connectivity index (χ2v) is 7.95. The van der Waals surface area contributed by atoms with Crippen LogP contribution in [0.15, 0.2) is 24.3 Å². The lowest BCUT2D eigenvalue weighted by molar-refractivity contribution is -0.129. The molecule has 144 valence electrons. The Morgan fingerprint density at radius 2 is 1.65 bits per heavy atom. The lowest BCUT2D eigenvalue weighted by Crippen LogP contribution is -2.39. The Morgan fingerprint density at radius 3 is 2.19 bits per heavy atom. The molecule has 1 aliphatic carbocycles. The highest BCUT2D eigenvalue weighted by Crippen LogP contribution is 2.38. The van der Waals surface area contributed by atoms with Crippen molar-refractivity contribution in [3.05, 3.63) is 35.4 Å². The molecule has 0 aromatic heterocycles. The average Bonchev–Trinajstić information content (AvgIpc) is 2.64. The van der Waals surface area contributed by atoms with Crippen molar-refractivity contribution >= 4 is 11.8 Å². The fraction of sp³-hybridized carbons (Fsp3) is 0.619. The van der Waals surface area contributed by atoms with Crippen molar-refractivity contribution in [1.82, 2.24) is 10.6 Å². The number of carbonyl (C=O) groups is 2. The molecule has 4 N–H and O–H groups in total. The van der Waals surface area contributed by atoms with Gasteiger partial charge in [0.25, 0.3) is 0 Å². The third-order valence-corrected chi connectivity index (χ3v) is 5.52. The van der Waals surface area contributed by atoms with Crippen molar-refractivity contribution < 1.29 is 9.59 Å². The van der Waals surface area contributed by atoms with E-state index in [1.54, 1.807) is 0 Å². The quantitative estimate of drug-likeness (QED) is 0.699. The van der Waals surface area contributed by atoms with Crippen LogP contribution in [0.5, 0.6) is 0 Å². The molecule has 0 saturated heterocycles. The maximum Gasteiger partial charge on any atom is 0.234 e. The zero-order valence-corrected chi connectivity index (χ0v) is 16.3. The van der Waals surface area contributed by atoms with Gasteiger partial charge in [-0.3, -0.25) is 9.59 Å². The predicted molar refractivity (Wildman–Crippen MR) is 104 cm³/mol. The smallest absolute Gasteiger partial charge is 0.234 e. The molecule has 2 rings (SSSR count). The summed E-state index contributed by atoms with van der Waals surface area (Å²) >= 11 is 0. The van der Waals surface area contributed by atoms with Gasteiger partial charge in [0.1, 0.15) is 0 Å². The number of carbonyl (C=O) groups excluding carboxylic acids is 2. The summed E-state index contributed by atoms with van der Waals surface area (Å²) in [5, 5.41) is 5.87. The summed E-state index contributed by atoms with van der Waals surface area (Å²) in [5.74, 6) is 1.81. The third kappa shape index (κ3) is 5.84. The topological polar surface area (TPSA) is 84.2 Å². The highest BCUT2D eigenvalue weighted by molar-refractivity contribution is 5.79. The van der Waals surface area contributed by atoms with Crippen LogP contribution in [0, 0.1) is 23.7 Å². The van der Waals surface area contributed by atoms with Gasteiger partial charge < -0.3 is 16.4 Å². The van der Waals surface area contributed by atoms with Crippen LogP contribution in [-0.2, 0) is 22.7 Å². The van der Waals surface area contributed by atoms with Gasteiger partial charge >= 0.3 is 0 Å². The van der Waals surface area contributed by atoms with E-state index in [1.807, 2.05) is 24.3 Å². The maximum absolute atomic E-state index is 12.7. The Bertz CT molecular complexity index is 598. The summed E-state index contributed by atoms with van der Waals surface area (Å²) in [6, 6.07) is 7.93. The Balaban J connectivity index is 1.87. The summed E-state index contributed by atoms with van der Waals surface area (Å²) in [6.07, 6.45) is 3.38. The van der Waals surface area contributed by atoms with Crippen LogP contribution in [0.2, 0.25) is 0 Å². The van der Waals surface area contributed by atoms with Crippen molar-refractivity contribution in [2.45, 2.75) is 53.1 Å². The van der Waals surface area contributed by atoms with Gasteiger partial charge in [-0.05, 0) is 41.7 Å². The minimum Gasteiger partial charge on any atom is -0.352 e. The molecule has 1 saturated carbocycles. The number of hydrogen-bond acceptors (Lipinski definition) is 3. The van der Waals surface area contributed by atoms with Crippen molar-refractivity contribution in [3.63, 3.8) is 0 Å². The summed E-state index contributed by atoms with van der Waals surface area (Å²) in [4.78, 5) is 23.9. The molecular weight excluding hydrogens is 326 g/mol. The number of nitrogens with one attached hydrogen (secondary N) is 2. The summed E-state index contributed by atoms with van der Waals surface area (Å²) in [7, 11) is 0. The second-order valence-electron chi connectivity index (χ2n) is 7.95. The highest BCUT2D eigenvalue weighted by atomic mass is 16.2. The van der Waals surface area contributed by atoms with E-state index < -0.39 is 0 Å². The summed E-state index contributed by atoms with van der Waals surface area (Å²) < 4.78 is 0. The van der Waals surface area contributed by atoms with Crippen LogP contribution in [0.25, 0.3) is 0 Å². The number of nitrogens with two attached hydrogens (primary N) is 1. The van der Waals surface area contributed by atoms with Crippen molar-refractivity contribution in [2.24, 2.45) is 29.4 Å². The first kappa shape index (κ1) is 20.4. The molecule has 5 nitrogen and oxygen atoms in total. The molecule has 0 spiro atoms. The minimum atomic E-state index is -0.164. The van der Waals surface area contributed by atoms with E-state index in [4.69, 9.17) is 5.73 Å². The zero-order chi connectivity index (χ0) is 19.1. The predicted octanol–water partition coefficient (Wildman–Crippen LogP) is 2.59. The van der Waals surface area contributed by atoms with E-state index in [2.05, 4.69) is 31.4 Å². The summed E-state index contributed by atoms with van der Waals surface area (Å²) in [5.41, 5.74) is 7.36. The zero-order valence-electron chi connectivity index (χ0n) is 16.3. The fourth-order valence-corrected chi connectivity index (χ4v) is 3.87. The number of amides is 2. The Morgan fingerprint density at radius 1 is 1.08 bits per heavy atom. The van der Waals surface area contributed by atoms with Gasteiger partial charge in [0.15, 0.2) is 0 Å². The molecule has 1 fully saturated rings. The largest absolute Gasteiger partial charge is 0.352 e. The standard InChI is InChI=1S/C21H33N3O2/c1-14(2)18-9-4-15(3)10-19(18)21(26)24-13-17-7-5-16(6-8-17)12-23-20(25)11-22/h5-8,14-15,18-19H,4,9-13,22H2,1-3H3,(H,23,25)(H,24,26)/t15-,18+,19-/m1/s1. The van der Waals surface area contributed by atoms with E-state index in [9.17, 15) is 9.59 Å². The van der Waals surface area contributed by atoms with E-state index in [0.717, 1.165) is 24.0 Å². The van der Waals surface area contributed by atoms with Gasteiger partial charge in [-0.15, -0.1) is 0 Å². The SMILES string of the molecule is CC(C)[C@@H]1CC[C@@H](C)C[C@H]1C(=O)NCc1ccc(CNC(=O)CN)cc1. The molecule has 0 radical (unpaired) electrons. The molecule has 1 aliphatic rings. The minimum absolute atomic E-state index is 0.00126. The fourth-order valence-electron chi connectivity index (χ4n) is 3.87. The molecule has 0 unspecified atom stereocenters. The Kier molecular flexibility index (Phi) is 7.64. The Hall–Kier alpha value is -1.88. The molecule has 0 bridgehead atoms. The highest BCUT2D eigenvalue weighted by Gasteiger charge is 2.35. The van der Waals surface area contributed by atoms with Crippen LogP contribution in [-0.4, -0.2) is 18.4 Å². The van der Waals surface area contributed by atoms with Crippen LogP contribution >= 0.6 is 0 Å². The molecule has 2 amide bonds. The lowest BCUT2D eigenvalue weighted by Gasteiger charge is -2.36. The molecule has 26 heavy (non-hydrogen) atoms. The average molecular weight is 360 g/mol. The number of benzene rings is 1. The van der Waals surface area contributed by atoms with E-state index >= 15 is 0 Å². The van der Waals surface area contributed by atoms with Crippen molar-refractivity contribution in [2.75, 3.05) is 6.54 Å². The molecule has 1 aromatic rings. The molecule has 5 heteroatoms. The molecule has 0 heterocycles. The van der Waals surface area contributed by atoms with Gasteiger partial charge in [-0.2, -0.15) is 0 Å². The van der Waals surface area contributed by atoms with Gasteiger partial charge in [0.2, 0.25) is 11.8 Å². The van der Waals surface area contributed by atoms with E-state index in [0.29, 0.717) is 30.8 Å². The number of rotatable bonds is 7. The van der Waals surface area contributed by atoms with Crippen LogP contribution in [0.1, 0.15) is 51.2 Å². The van der Waals surface area contributed by atoms with Crippen LogP contribution in [0.4, 0.5) is 0 Å². The molecule has 1 aromatic carbocycles. The van der Waals surface area contributed by atoms with Crippen LogP contribution < -0.4 is 16.4 Å².